The molecule has 148 valence electrons. The molecule has 0 aliphatic rings. The molecule has 1 amide bonds. The summed E-state index contributed by atoms with van der Waals surface area (Å²) in [6.07, 6.45) is 4.08. The van der Waals surface area contributed by atoms with Crippen LogP contribution in [0.5, 0.6) is 11.5 Å². The average Bonchev–Trinajstić information content (AvgIpc) is 2.67. The number of carbonyl (C=O) groups is 1. The summed E-state index contributed by atoms with van der Waals surface area (Å²) in [4.78, 5) is 12.0. The molecule has 0 saturated carbocycles. The van der Waals surface area contributed by atoms with Gasteiger partial charge >= 0.3 is 0 Å². The van der Waals surface area contributed by atoms with Crippen LogP contribution in [0.25, 0.3) is 0 Å². The van der Waals surface area contributed by atoms with Crippen molar-refractivity contribution in [2.75, 3.05) is 13.2 Å². The molecule has 0 fully saturated rings. The molecule has 0 atom stereocenters. The number of amides is 1. The molecule has 2 rings (SSSR count). The molecule has 0 spiro atoms. The Labute approximate surface area is 164 Å². The lowest BCUT2D eigenvalue weighted by Gasteiger charge is -2.15. The van der Waals surface area contributed by atoms with Crippen molar-refractivity contribution in [1.29, 1.82) is 0 Å². The van der Waals surface area contributed by atoms with Gasteiger partial charge in [0.2, 0.25) is 5.91 Å². The Morgan fingerprint density at radius 2 is 1.89 bits per heavy atom. The summed E-state index contributed by atoms with van der Waals surface area (Å²) in [7, 11) is 0. The zero-order valence-electron chi connectivity index (χ0n) is 16.2. The van der Waals surface area contributed by atoms with E-state index in [0.29, 0.717) is 36.7 Å². The maximum Gasteiger partial charge on any atom is 0.244 e. The highest BCUT2D eigenvalue weighted by molar-refractivity contribution is 5.84. The van der Waals surface area contributed by atoms with Gasteiger partial charge in [-0.05, 0) is 55.7 Å². The number of halogens is 1. The van der Waals surface area contributed by atoms with E-state index in [1.54, 1.807) is 24.4 Å². The second-order valence-corrected chi connectivity index (χ2v) is 5.96. The van der Waals surface area contributed by atoms with E-state index in [1.807, 2.05) is 26.0 Å². The summed E-state index contributed by atoms with van der Waals surface area (Å²) >= 11 is 0. The molecule has 1 N–H and O–H groups in total. The van der Waals surface area contributed by atoms with Crippen molar-refractivity contribution in [2.24, 2.45) is 5.10 Å². The van der Waals surface area contributed by atoms with Crippen molar-refractivity contribution in [3.8, 4) is 11.5 Å². The summed E-state index contributed by atoms with van der Waals surface area (Å²) in [6.45, 7) is 8.63. The number of hydrazone groups is 1. The van der Waals surface area contributed by atoms with Gasteiger partial charge < -0.3 is 9.47 Å². The molecule has 28 heavy (non-hydrogen) atoms. The smallest absolute Gasteiger partial charge is 0.244 e. The number of nitrogens with one attached hydrogen (secondary N) is 1. The molecule has 0 aromatic heterocycles. The molecule has 5 nitrogen and oxygen atoms in total. The monoisotopic (exact) mass is 384 g/mol. The van der Waals surface area contributed by atoms with Gasteiger partial charge in [-0.25, -0.2) is 9.82 Å². The van der Waals surface area contributed by atoms with Crippen molar-refractivity contribution >= 4 is 12.1 Å². The fourth-order valence-electron chi connectivity index (χ4n) is 2.64. The van der Waals surface area contributed by atoms with Crippen molar-refractivity contribution in [3.05, 3.63) is 71.6 Å². The highest BCUT2D eigenvalue weighted by Gasteiger charge is 2.12. The van der Waals surface area contributed by atoms with Crippen LogP contribution in [-0.4, -0.2) is 25.3 Å². The minimum atomic E-state index is -0.335. The van der Waals surface area contributed by atoms with Gasteiger partial charge in [0.05, 0.1) is 25.8 Å². The van der Waals surface area contributed by atoms with E-state index >= 15 is 0 Å². The first-order valence-electron chi connectivity index (χ1n) is 9.17. The molecular weight excluding hydrogens is 359 g/mol. The van der Waals surface area contributed by atoms with E-state index < -0.39 is 0 Å². The Morgan fingerprint density at radius 1 is 1.18 bits per heavy atom. The zero-order chi connectivity index (χ0) is 20.4. The summed E-state index contributed by atoms with van der Waals surface area (Å²) < 4.78 is 24.3. The SMILES string of the molecule is C=CCc1cc(/C=N/NC(=O)Cc2ccc(F)cc2)cc(OCC)c1OCC. The predicted octanol–water partition coefficient (Wildman–Crippen LogP) is 4.04. The van der Waals surface area contributed by atoms with E-state index in [9.17, 15) is 9.18 Å². The fraction of sp³-hybridized carbons (Fsp3) is 0.273. The maximum absolute atomic E-state index is 12.9. The van der Waals surface area contributed by atoms with Gasteiger partial charge in [0.25, 0.3) is 0 Å². The molecule has 0 heterocycles. The summed E-state index contributed by atoms with van der Waals surface area (Å²) in [5.74, 6) is 0.702. The Kier molecular flexibility index (Phi) is 8.21. The van der Waals surface area contributed by atoms with Gasteiger partial charge in [-0.2, -0.15) is 5.10 Å². The third kappa shape index (κ3) is 6.23. The molecule has 2 aromatic rings. The van der Waals surface area contributed by atoms with Crippen LogP contribution in [0.4, 0.5) is 4.39 Å². The van der Waals surface area contributed by atoms with Crippen LogP contribution in [0.1, 0.15) is 30.5 Å². The van der Waals surface area contributed by atoms with E-state index in [-0.39, 0.29) is 18.1 Å². The highest BCUT2D eigenvalue weighted by atomic mass is 19.1. The van der Waals surface area contributed by atoms with Crippen LogP contribution >= 0.6 is 0 Å². The third-order valence-corrected chi connectivity index (χ3v) is 3.79. The van der Waals surface area contributed by atoms with Crippen molar-refractivity contribution < 1.29 is 18.7 Å². The summed E-state index contributed by atoms with van der Waals surface area (Å²) in [5, 5.41) is 4.01. The fourth-order valence-corrected chi connectivity index (χ4v) is 2.64. The Bertz CT molecular complexity index is 832. The predicted molar refractivity (Wildman–Crippen MR) is 109 cm³/mol. The number of benzene rings is 2. The molecule has 2 aromatic carbocycles. The zero-order valence-corrected chi connectivity index (χ0v) is 16.2. The van der Waals surface area contributed by atoms with E-state index in [1.165, 1.54) is 12.1 Å². The number of allylic oxidation sites excluding steroid dienone is 1. The van der Waals surface area contributed by atoms with E-state index in [4.69, 9.17) is 9.47 Å². The minimum Gasteiger partial charge on any atom is -0.490 e. The molecule has 0 aliphatic carbocycles. The van der Waals surface area contributed by atoms with Crippen molar-refractivity contribution in [3.63, 3.8) is 0 Å². The number of rotatable bonds is 10. The largest absolute Gasteiger partial charge is 0.490 e. The molecular formula is C22H25FN2O3. The van der Waals surface area contributed by atoms with Crippen LogP contribution in [0.3, 0.4) is 0 Å². The van der Waals surface area contributed by atoms with E-state index in [2.05, 4.69) is 17.1 Å². The molecule has 0 unspecified atom stereocenters. The maximum atomic E-state index is 12.9. The van der Waals surface area contributed by atoms with Crippen molar-refractivity contribution in [1.82, 2.24) is 5.43 Å². The van der Waals surface area contributed by atoms with Crippen LogP contribution in [0.15, 0.2) is 54.2 Å². The summed E-state index contributed by atoms with van der Waals surface area (Å²) in [6, 6.07) is 9.52. The standard InChI is InChI=1S/C22H25FN2O3/c1-4-7-18-12-17(13-20(27-5-2)22(18)28-6-3)15-24-25-21(26)14-16-8-10-19(23)11-9-16/h4,8-13,15H,1,5-7,14H2,2-3H3,(H,25,26)/b24-15+. The first-order valence-corrected chi connectivity index (χ1v) is 9.17. The number of hydrogen-bond acceptors (Lipinski definition) is 4. The first-order chi connectivity index (χ1) is 13.6. The normalized spacial score (nSPS) is 10.7. The van der Waals surface area contributed by atoms with Crippen LogP contribution in [0.2, 0.25) is 0 Å². The lowest BCUT2D eigenvalue weighted by Crippen LogP contribution is -2.19. The third-order valence-electron chi connectivity index (χ3n) is 3.79. The van der Waals surface area contributed by atoms with Gasteiger partial charge in [-0.15, -0.1) is 6.58 Å². The highest BCUT2D eigenvalue weighted by Crippen LogP contribution is 2.33. The summed E-state index contributed by atoms with van der Waals surface area (Å²) in [5.41, 5.74) is 4.89. The molecule has 6 heteroatoms. The molecule has 0 saturated heterocycles. The van der Waals surface area contributed by atoms with Crippen molar-refractivity contribution in [2.45, 2.75) is 26.7 Å². The lowest BCUT2D eigenvalue weighted by atomic mass is 10.1. The number of ether oxygens (including phenoxy) is 2. The average molecular weight is 384 g/mol. The molecule has 0 aliphatic heterocycles. The molecule has 0 bridgehead atoms. The van der Waals surface area contributed by atoms with Crippen LogP contribution < -0.4 is 14.9 Å². The molecule has 0 radical (unpaired) electrons. The van der Waals surface area contributed by atoms with Gasteiger partial charge in [-0.1, -0.05) is 18.2 Å². The minimum absolute atomic E-state index is 0.118. The number of carbonyl (C=O) groups excluding carboxylic acids is 1. The van der Waals surface area contributed by atoms with Gasteiger partial charge in [0.15, 0.2) is 11.5 Å². The quantitative estimate of drug-likeness (QED) is 0.382. The second-order valence-electron chi connectivity index (χ2n) is 5.96. The second kappa shape index (κ2) is 10.9. The number of hydrogen-bond donors (Lipinski definition) is 1. The van der Waals surface area contributed by atoms with Crippen LogP contribution in [-0.2, 0) is 17.6 Å². The number of nitrogens with zero attached hydrogens (tertiary/aromatic N) is 1. The van der Waals surface area contributed by atoms with Crippen LogP contribution in [0, 0.1) is 5.82 Å². The van der Waals surface area contributed by atoms with Gasteiger partial charge in [0, 0.05) is 5.56 Å². The van der Waals surface area contributed by atoms with Gasteiger partial charge in [0.1, 0.15) is 5.82 Å². The Hall–Kier alpha value is -3.15. The first kappa shape index (κ1) is 21.2. The topological polar surface area (TPSA) is 59.9 Å². The Balaban J connectivity index is 2.11. The van der Waals surface area contributed by atoms with Gasteiger partial charge in [-0.3, -0.25) is 4.79 Å². The lowest BCUT2D eigenvalue weighted by molar-refractivity contribution is -0.120. The Morgan fingerprint density at radius 3 is 2.54 bits per heavy atom. The van der Waals surface area contributed by atoms with E-state index in [0.717, 1.165) is 11.1 Å².